The molecular weight excluding hydrogens is 320 g/mol. The Morgan fingerprint density at radius 1 is 1.32 bits per heavy atom. The van der Waals surface area contributed by atoms with E-state index in [2.05, 4.69) is 20.6 Å². The fraction of sp³-hybridized carbons (Fsp3) is 0.353. The summed E-state index contributed by atoms with van der Waals surface area (Å²) in [5.41, 5.74) is 14.6. The minimum Gasteiger partial charge on any atom is -0.383 e. The van der Waals surface area contributed by atoms with Gasteiger partial charge in [-0.3, -0.25) is 4.79 Å². The second-order valence-electron chi connectivity index (χ2n) is 5.84. The van der Waals surface area contributed by atoms with Crippen LogP contribution >= 0.6 is 0 Å². The molecule has 1 aromatic carbocycles. The monoisotopic (exact) mass is 344 g/mol. The van der Waals surface area contributed by atoms with Gasteiger partial charge < -0.3 is 26.8 Å². The van der Waals surface area contributed by atoms with Crippen molar-refractivity contribution in [1.29, 1.82) is 0 Å². The second kappa shape index (κ2) is 8.41. The van der Waals surface area contributed by atoms with E-state index in [0.29, 0.717) is 24.9 Å². The van der Waals surface area contributed by atoms with Crippen LogP contribution in [0.25, 0.3) is 0 Å². The number of nitrogens with two attached hydrogens (primary N) is 2. The normalized spacial score (nSPS) is 11.8. The summed E-state index contributed by atoms with van der Waals surface area (Å²) in [4.78, 5) is 20.1. The average molecular weight is 344 g/mol. The number of methoxy groups -OCH3 is 1. The van der Waals surface area contributed by atoms with Crippen LogP contribution in [-0.4, -0.2) is 42.2 Å². The molecule has 0 spiro atoms. The molecule has 1 heterocycles. The molecule has 0 radical (unpaired) electrons. The van der Waals surface area contributed by atoms with Gasteiger partial charge in [-0.2, -0.15) is 4.98 Å². The van der Waals surface area contributed by atoms with Crippen molar-refractivity contribution >= 4 is 23.4 Å². The third kappa shape index (κ3) is 5.13. The van der Waals surface area contributed by atoms with Gasteiger partial charge in [0.1, 0.15) is 11.4 Å². The summed E-state index contributed by atoms with van der Waals surface area (Å²) in [5, 5.41) is 6.15. The number of benzene rings is 1. The summed E-state index contributed by atoms with van der Waals surface area (Å²) in [6, 6.07) is 5.69. The highest BCUT2D eigenvalue weighted by Crippen LogP contribution is 2.21. The molecule has 0 unspecified atom stereocenters. The Balaban J connectivity index is 2.22. The van der Waals surface area contributed by atoms with Crippen molar-refractivity contribution in [3.8, 4) is 0 Å². The second-order valence-corrected chi connectivity index (χ2v) is 5.84. The molecule has 8 heteroatoms. The summed E-state index contributed by atoms with van der Waals surface area (Å²) in [5.74, 6) is 0.0884. The number of carbonyl (C=O) groups is 1. The van der Waals surface area contributed by atoms with Gasteiger partial charge in [0.2, 0.25) is 5.95 Å². The Bertz CT molecular complexity index is 750. The number of aryl methyl sites for hydroxylation is 2. The van der Waals surface area contributed by atoms with Crippen LogP contribution in [0.2, 0.25) is 0 Å². The van der Waals surface area contributed by atoms with Gasteiger partial charge in [0, 0.05) is 31.6 Å². The SMILES string of the molecule is COC[C@H](N)CNc1ncc(C(N)=O)c(Nc2ccc(C)c(C)c2)n1. The number of nitrogens with one attached hydrogen (secondary N) is 2. The first-order chi connectivity index (χ1) is 11.9. The lowest BCUT2D eigenvalue weighted by Gasteiger charge is -2.14. The number of primary amides is 1. The topological polar surface area (TPSA) is 128 Å². The van der Waals surface area contributed by atoms with Crippen LogP contribution in [0.4, 0.5) is 17.5 Å². The van der Waals surface area contributed by atoms with E-state index >= 15 is 0 Å². The van der Waals surface area contributed by atoms with Gasteiger partial charge in [-0.1, -0.05) is 6.07 Å². The summed E-state index contributed by atoms with van der Waals surface area (Å²) in [6.45, 7) is 4.90. The number of ether oxygens (including phenoxy) is 1. The zero-order chi connectivity index (χ0) is 18.4. The Morgan fingerprint density at radius 2 is 2.08 bits per heavy atom. The average Bonchev–Trinajstić information content (AvgIpc) is 2.56. The number of rotatable bonds is 8. The lowest BCUT2D eigenvalue weighted by atomic mass is 10.1. The van der Waals surface area contributed by atoms with E-state index in [-0.39, 0.29) is 11.6 Å². The Hall–Kier alpha value is -2.71. The fourth-order valence-electron chi connectivity index (χ4n) is 2.19. The Kier molecular flexibility index (Phi) is 6.26. The van der Waals surface area contributed by atoms with Crippen molar-refractivity contribution in [2.24, 2.45) is 11.5 Å². The van der Waals surface area contributed by atoms with Crippen LogP contribution in [-0.2, 0) is 4.74 Å². The highest BCUT2D eigenvalue weighted by molar-refractivity contribution is 5.98. The van der Waals surface area contributed by atoms with Crippen LogP contribution in [0.5, 0.6) is 0 Å². The zero-order valence-electron chi connectivity index (χ0n) is 14.7. The highest BCUT2D eigenvalue weighted by Gasteiger charge is 2.13. The van der Waals surface area contributed by atoms with Gasteiger partial charge in [-0.05, 0) is 37.1 Å². The first-order valence-electron chi connectivity index (χ1n) is 7.90. The number of nitrogens with zero attached hydrogens (tertiary/aromatic N) is 2. The molecule has 8 nitrogen and oxygen atoms in total. The molecule has 0 aliphatic carbocycles. The minimum absolute atomic E-state index is 0.194. The number of amides is 1. The van der Waals surface area contributed by atoms with E-state index in [1.807, 2.05) is 32.0 Å². The molecule has 0 aliphatic heterocycles. The van der Waals surface area contributed by atoms with E-state index in [9.17, 15) is 4.79 Å². The smallest absolute Gasteiger partial charge is 0.254 e. The van der Waals surface area contributed by atoms with E-state index in [0.717, 1.165) is 11.3 Å². The predicted molar refractivity (Wildman–Crippen MR) is 98.1 cm³/mol. The Labute approximate surface area is 147 Å². The molecule has 0 fully saturated rings. The third-order valence-electron chi connectivity index (χ3n) is 3.73. The molecule has 25 heavy (non-hydrogen) atoms. The zero-order valence-corrected chi connectivity index (χ0v) is 14.7. The van der Waals surface area contributed by atoms with Crippen molar-refractivity contribution in [1.82, 2.24) is 9.97 Å². The van der Waals surface area contributed by atoms with Crippen LogP contribution < -0.4 is 22.1 Å². The summed E-state index contributed by atoms with van der Waals surface area (Å²) in [6.07, 6.45) is 1.39. The molecule has 0 saturated heterocycles. The van der Waals surface area contributed by atoms with Crippen molar-refractivity contribution in [2.45, 2.75) is 19.9 Å². The molecule has 0 bridgehead atoms. The maximum absolute atomic E-state index is 11.6. The number of hydrogen-bond donors (Lipinski definition) is 4. The quantitative estimate of drug-likeness (QED) is 0.568. The number of aromatic nitrogens is 2. The molecule has 1 atom stereocenters. The van der Waals surface area contributed by atoms with Gasteiger partial charge in [0.25, 0.3) is 5.91 Å². The fourth-order valence-corrected chi connectivity index (χ4v) is 2.19. The largest absolute Gasteiger partial charge is 0.383 e. The molecular formula is C17H24N6O2. The maximum atomic E-state index is 11.6. The molecule has 2 rings (SSSR count). The molecule has 0 saturated carbocycles. The van der Waals surface area contributed by atoms with Crippen LogP contribution in [0.3, 0.4) is 0 Å². The van der Waals surface area contributed by atoms with Crippen LogP contribution in [0.15, 0.2) is 24.4 Å². The standard InChI is InChI=1S/C17H24N6O2/c1-10-4-5-13(6-11(10)2)22-16-14(15(19)24)8-21-17(23-16)20-7-12(18)9-25-3/h4-6,8,12H,7,9,18H2,1-3H3,(H2,19,24)(H2,20,21,22,23)/t12-/m1/s1. The van der Waals surface area contributed by atoms with Gasteiger partial charge >= 0.3 is 0 Å². The lowest BCUT2D eigenvalue weighted by Crippen LogP contribution is -2.33. The lowest BCUT2D eigenvalue weighted by molar-refractivity contribution is 0.100. The molecule has 134 valence electrons. The van der Waals surface area contributed by atoms with Crippen molar-refractivity contribution in [3.63, 3.8) is 0 Å². The number of carbonyl (C=O) groups excluding carboxylic acids is 1. The van der Waals surface area contributed by atoms with E-state index < -0.39 is 5.91 Å². The molecule has 0 aliphatic rings. The predicted octanol–water partition coefficient (Wildman–Crippen LogP) is 1.32. The summed E-state index contributed by atoms with van der Waals surface area (Å²) >= 11 is 0. The van der Waals surface area contributed by atoms with E-state index in [4.69, 9.17) is 16.2 Å². The maximum Gasteiger partial charge on any atom is 0.254 e. The molecule has 2 aromatic rings. The van der Waals surface area contributed by atoms with E-state index in [1.165, 1.54) is 11.8 Å². The number of anilines is 3. The molecule has 6 N–H and O–H groups in total. The highest BCUT2D eigenvalue weighted by atomic mass is 16.5. The Morgan fingerprint density at radius 3 is 2.72 bits per heavy atom. The van der Waals surface area contributed by atoms with Gasteiger partial charge in [0.15, 0.2) is 0 Å². The van der Waals surface area contributed by atoms with Gasteiger partial charge in [0.05, 0.1) is 6.61 Å². The van der Waals surface area contributed by atoms with Gasteiger partial charge in [-0.15, -0.1) is 0 Å². The van der Waals surface area contributed by atoms with Crippen molar-refractivity contribution < 1.29 is 9.53 Å². The summed E-state index contributed by atoms with van der Waals surface area (Å²) < 4.78 is 4.99. The van der Waals surface area contributed by atoms with Crippen LogP contribution in [0.1, 0.15) is 21.5 Å². The number of hydrogen-bond acceptors (Lipinski definition) is 7. The third-order valence-corrected chi connectivity index (χ3v) is 3.73. The minimum atomic E-state index is -0.603. The van der Waals surface area contributed by atoms with Crippen molar-refractivity contribution in [2.75, 3.05) is 30.9 Å². The van der Waals surface area contributed by atoms with Gasteiger partial charge in [-0.25, -0.2) is 4.98 Å². The summed E-state index contributed by atoms with van der Waals surface area (Å²) in [7, 11) is 1.59. The van der Waals surface area contributed by atoms with Crippen molar-refractivity contribution in [3.05, 3.63) is 41.1 Å². The molecule has 1 amide bonds. The first-order valence-corrected chi connectivity index (χ1v) is 7.90. The first kappa shape index (κ1) is 18.6. The van der Waals surface area contributed by atoms with Crippen LogP contribution in [0, 0.1) is 13.8 Å². The molecule has 1 aromatic heterocycles. The van der Waals surface area contributed by atoms with E-state index in [1.54, 1.807) is 7.11 Å².